The molecule has 0 aliphatic heterocycles. The van der Waals surface area contributed by atoms with Crippen LogP contribution in [0.4, 0.5) is 5.69 Å². The Labute approximate surface area is 171 Å². The van der Waals surface area contributed by atoms with Crippen molar-refractivity contribution in [1.29, 1.82) is 0 Å². The lowest BCUT2D eigenvalue weighted by Crippen LogP contribution is -2.15. The summed E-state index contributed by atoms with van der Waals surface area (Å²) >= 11 is 10.9. The number of thioether (sulfide) groups is 1. The summed E-state index contributed by atoms with van der Waals surface area (Å²) in [6.45, 7) is 0. The Morgan fingerprint density at radius 1 is 1.35 bits per heavy atom. The lowest BCUT2D eigenvalue weighted by atomic mass is 9.87. The molecule has 0 atom stereocenters. The van der Waals surface area contributed by atoms with Gasteiger partial charge in [-0.25, -0.2) is 0 Å². The highest BCUT2D eigenvalue weighted by Gasteiger charge is 2.18. The second kappa shape index (κ2) is 9.24. The van der Waals surface area contributed by atoms with E-state index in [0.717, 1.165) is 21.9 Å². The number of carbonyl (C=O) groups is 1. The van der Waals surface area contributed by atoms with Crippen molar-refractivity contribution in [3.05, 3.63) is 33.5 Å². The van der Waals surface area contributed by atoms with Crippen LogP contribution in [0.3, 0.4) is 0 Å². The smallest absolute Gasteiger partial charge is 0.234 e. The first-order valence-corrected chi connectivity index (χ1v) is 10.9. The number of rotatable bonds is 6. The van der Waals surface area contributed by atoms with Crippen LogP contribution in [0.5, 0.6) is 0 Å². The molecule has 5 nitrogen and oxygen atoms in total. The summed E-state index contributed by atoms with van der Waals surface area (Å²) in [5.41, 5.74) is 0.608. The number of hydrogen-bond donors (Lipinski definition) is 1. The summed E-state index contributed by atoms with van der Waals surface area (Å²) in [5, 5.41) is 12.7. The summed E-state index contributed by atoms with van der Waals surface area (Å²) in [6, 6.07) is 5.37. The van der Waals surface area contributed by atoms with Gasteiger partial charge in [0.2, 0.25) is 5.91 Å². The maximum absolute atomic E-state index is 12.2. The zero-order valence-electron chi connectivity index (χ0n) is 14.7. The molecule has 1 aliphatic carbocycles. The molecule has 0 unspecified atom stereocenters. The van der Waals surface area contributed by atoms with Gasteiger partial charge in [0.25, 0.3) is 0 Å². The van der Waals surface area contributed by atoms with E-state index >= 15 is 0 Å². The third-order valence-electron chi connectivity index (χ3n) is 4.66. The molecule has 3 rings (SSSR count). The van der Waals surface area contributed by atoms with E-state index in [2.05, 4.69) is 31.4 Å². The predicted molar refractivity (Wildman–Crippen MR) is 110 cm³/mol. The SMILES string of the molecule is Cn1c(CC2CCCCC2)nnc1SCC(=O)Nc1ccc(Br)cc1Cl. The average Bonchev–Trinajstić information content (AvgIpc) is 2.96. The van der Waals surface area contributed by atoms with Gasteiger partial charge in [-0.2, -0.15) is 0 Å². The van der Waals surface area contributed by atoms with Crippen LogP contribution in [-0.2, 0) is 18.3 Å². The first kappa shape index (κ1) is 19.7. The highest BCUT2D eigenvalue weighted by Crippen LogP contribution is 2.28. The van der Waals surface area contributed by atoms with Crippen molar-refractivity contribution in [3.8, 4) is 0 Å². The van der Waals surface area contributed by atoms with Gasteiger partial charge in [-0.05, 0) is 24.1 Å². The first-order chi connectivity index (χ1) is 12.5. The number of aromatic nitrogens is 3. The summed E-state index contributed by atoms with van der Waals surface area (Å²) in [5.74, 6) is 1.88. The van der Waals surface area contributed by atoms with Crippen LogP contribution in [0, 0.1) is 5.92 Å². The van der Waals surface area contributed by atoms with Crippen LogP contribution in [0.15, 0.2) is 27.8 Å². The van der Waals surface area contributed by atoms with Crippen molar-refractivity contribution in [2.45, 2.75) is 43.7 Å². The summed E-state index contributed by atoms with van der Waals surface area (Å²) in [6.07, 6.45) is 7.54. The molecule has 1 heterocycles. The van der Waals surface area contributed by atoms with E-state index in [4.69, 9.17) is 11.6 Å². The average molecular weight is 458 g/mol. The molecular formula is C18H22BrClN4OS. The Kier molecular flexibility index (Phi) is 7.00. The fourth-order valence-electron chi connectivity index (χ4n) is 3.21. The van der Waals surface area contributed by atoms with Crippen LogP contribution in [-0.4, -0.2) is 26.4 Å². The van der Waals surface area contributed by atoms with Crippen molar-refractivity contribution < 1.29 is 4.79 Å². The van der Waals surface area contributed by atoms with Gasteiger partial charge < -0.3 is 9.88 Å². The van der Waals surface area contributed by atoms with Crippen LogP contribution < -0.4 is 5.32 Å². The Hall–Kier alpha value is -1.05. The molecule has 8 heteroatoms. The molecule has 1 amide bonds. The zero-order valence-corrected chi connectivity index (χ0v) is 17.8. The fraction of sp³-hybridized carbons (Fsp3) is 0.500. The number of halogens is 2. The zero-order chi connectivity index (χ0) is 18.5. The third kappa shape index (κ3) is 5.24. The molecule has 1 fully saturated rings. The number of hydrogen-bond acceptors (Lipinski definition) is 4. The van der Waals surface area contributed by atoms with Crippen molar-refractivity contribution in [3.63, 3.8) is 0 Å². The number of nitrogens with zero attached hydrogens (tertiary/aromatic N) is 3. The molecule has 1 N–H and O–H groups in total. The number of amides is 1. The molecule has 0 spiro atoms. The number of nitrogens with one attached hydrogen (secondary N) is 1. The second-order valence-corrected chi connectivity index (χ2v) is 8.89. The normalized spacial score (nSPS) is 15.2. The standard InChI is InChI=1S/C18H22BrClN4OS/c1-24-16(9-12-5-3-2-4-6-12)22-23-18(24)26-11-17(25)21-15-8-7-13(19)10-14(15)20/h7-8,10,12H,2-6,9,11H2,1H3,(H,21,25). The number of anilines is 1. The maximum Gasteiger partial charge on any atom is 0.234 e. The van der Waals surface area contributed by atoms with Gasteiger partial charge in [0.05, 0.1) is 16.5 Å². The molecular weight excluding hydrogens is 436 g/mol. The highest BCUT2D eigenvalue weighted by atomic mass is 79.9. The van der Waals surface area contributed by atoms with Gasteiger partial charge in [0, 0.05) is 17.9 Å². The summed E-state index contributed by atoms with van der Waals surface area (Å²) in [4.78, 5) is 12.2. The monoisotopic (exact) mass is 456 g/mol. The molecule has 0 bridgehead atoms. The van der Waals surface area contributed by atoms with Gasteiger partial charge >= 0.3 is 0 Å². The van der Waals surface area contributed by atoms with Crippen molar-refractivity contribution in [1.82, 2.24) is 14.8 Å². The van der Waals surface area contributed by atoms with Gasteiger partial charge in [-0.15, -0.1) is 10.2 Å². The van der Waals surface area contributed by atoms with E-state index in [1.165, 1.54) is 43.9 Å². The minimum atomic E-state index is -0.115. The lowest BCUT2D eigenvalue weighted by molar-refractivity contribution is -0.113. The van der Waals surface area contributed by atoms with E-state index in [1.54, 1.807) is 12.1 Å². The minimum absolute atomic E-state index is 0.115. The molecule has 140 valence electrons. The highest BCUT2D eigenvalue weighted by molar-refractivity contribution is 9.10. The van der Waals surface area contributed by atoms with Gasteiger partial charge in [-0.1, -0.05) is 71.4 Å². The topological polar surface area (TPSA) is 59.8 Å². The first-order valence-electron chi connectivity index (χ1n) is 8.79. The Morgan fingerprint density at radius 2 is 2.12 bits per heavy atom. The molecule has 1 saturated carbocycles. The van der Waals surface area contributed by atoms with E-state index < -0.39 is 0 Å². The molecule has 0 saturated heterocycles. The Morgan fingerprint density at radius 3 is 2.85 bits per heavy atom. The lowest BCUT2D eigenvalue weighted by Gasteiger charge is -2.20. The molecule has 1 aromatic carbocycles. The molecule has 2 aromatic rings. The Bertz CT molecular complexity index is 777. The number of benzene rings is 1. The Balaban J connectivity index is 1.53. The van der Waals surface area contributed by atoms with Crippen LogP contribution in [0.25, 0.3) is 0 Å². The second-order valence-electron chi connectivity index (χ2n) is 6.63. The van der Waals surface area contributed by atoms with Gasteiger partial charge in [0.1, 0.15) is 5.82 Å². The molecule has 26 heavy (non-hydrogen) atoms. The minimum Gasteiger partial charge on any atom is -0.324 e. The molecule has 1 aliphatic rings. The van der Waals surface area contributed by atoms with E-state index in [-0.39, 0.29) is 11.7 Å². The fourth-order valence-corrected chi connectivity index (χ4v) is 4.66. The molecule has 1 aromatic heterocycles. The van der Waals surface area contributed by atoms with Crippen LogP contribution in [0.1, 0.15) is 37.9 Å². The third-order valence-corrected chi connectivity index (χ3v) is 6.48. The predicted octanol–water partition coefficient (Wildman–Crippen LogP) is 5.08. The summed E-state index contributed by atoms with van der Waals surface area (Å²) in [7, 11) is 1.98. The molecule has 0 radical (unpaired) electrons. The maximum atomic E-state index is 12.2. The van der Waals surface area contributed by atoms with E-state index in [1.807, 2.05) is 17.7 Å². The van der Waals surface area contributed by atoms with Gasteiger partial charge in [0.15, 0.2) is 5.16 Å². The number of carbonyl (C=O) groups excluding carboxylic acids is 1. The largest absolute Gasteiger partial charge is 0.324 e. The van der Waals surface area contributed by atoms with Crippen LogP contribution in [0.2, 0.25) is 5.02 Å². The van der Waals surface area contributed by atoms with Crippen molar-refractivity contribution in [2.75, 3.05) is 11.1 Å². The van der Waals surface area contributed by atoms with E-state index in [0.29, 0.717) is 16.6 Å². The van der Waals surface area contributed by atoms with Crippen molar-refractivity contribution >= 4 is 50.9 Å². The van der Waals surface area contributed by atoms with E-state index in [9.17, 15) is 4.79 Å². The van der Waals surface area contributed by atoms with Crippen LogP contribution >= 0.6 is 39.3 Å². The van der Waals surface area contributed by atoms with Crippen molar-refractivity contribution in [2.24, 2.45) is 13.0 Å². The summed E-state index contributed by atoms with van der Waals surface area (Å²) < 4.78 is 2.89. The van der Waals surface area contributed by atoms with Gasteiger partial charge in [-0.3, -0.25) is 4.79 Å². The quantitative estimate of drug-likeness (QED) is 0.614.